The number of anilines is 1. The third-order valence-electron chi connectivity index (χ3n) is 5.26. The van der Waals surface area contributed by atoms with Gasteiger partial charge in [0.1, 0.15) is 13.2 Å². The number of rotatable bonds is 5. The number of aromatic nitrogens is 1. The van der Waals surface area contributed by atoms with Gasteiger partial charge in [-0.1, -0.05) is 11.3 Å². The molecule has 0 radical (unpaired) electrons. The average molecular weight is 443 g/mol. The van der Waals surface area contributed by atoms with Gasteiger partial charge in [0.05, 0.1) is 22.9 Å². The Labute approximate surface area is 183 Å². The number of thioether (sulfide) groups is 1. The fraction of sp³-hybridized carbons (Fsp3) is 0.364. The van der Waals surface area contributed by atoms with Gasteiger partial charge in [0.15, 0.2) is 16.6 Å². The number of fused-ring (bicyclic) bond motifs is 2. The molecule has 156 valence electrons. The van der Waals surface area contributed by atoms with Gasteiger partial charge in [-0.2, -0.15) is 0 Å². The lowest BCUT2D eigenvalue weighted by atomic mass is 10.1. The summed E-state index contributed by atoms with van der Waals surface area (Å²) in [6, 6.07) is 11.6. The van der Waals surface area contributed by atoms with Gasteiger partial charge in [0, 0.05) is 17.1 Å². The first-order valence-electron chi connectivity index (χ1n) is 9.99. The lowest BCUT2D eigenvalue weighted by Crippen LogP contribution is -2.37. The SMILES string of the molecule is CSc1ccc2nc(N(CC3CCCO3)C(=O)c3ccc4c(c3)OCCO4)sc2c1. The topological polar surface area (TPSA) is 60.9 Å². The van der Waals surface area contributed by atoms with Gasteiger partial charge in [0.2, 0.25) is 0 Å². The van der Waals surface area contributed by atoms with E-state index in [0.717, 1.165) is 29.7 Å². The predicted octanol–water partition coefficient (Wildman–Crippen LogP) is 4.62. The van der Waals surface area contributed by atoms with Gasteiger partial charge in [-0.3, -0.25) is 9.69 Å². The van der Waals surface area contributed by atoms with Crippen LogP contribution >= 0.6 is 23.1 Å². The summed E-state index contributed by atoms with van der Waals surface area (Å²) >= 11 is 3.24. The number of hydrogen-bond acceptors (Lipinski definition) is 7. The maximum Gasteiger partial charge on any atom is 0.260 e. The molecule has 5 rings (SSSR count). The molecule has 0 spiro atoms. The number of thiazole rings is 1. The smallest absolute Gasteiger partial charge is 0.260 e. The zero-order chi connectivity index (χ0) is 20.5. The Hall–Kier alpha value is -2.29. The van der Waals surface area contributed by atoms with Crippen molar-refractivity contribution in [1.82, 2.24) is 4.98 Å². The van der Waals surface area contributed by atoms with E-state index in [2.05, 4.69) is 18.4 Å². The summed E-state index contributed by atoms with van der Waals surface area (Å²) in [6.07, 6.45) is 4.05. The van der Waals surface area contributed by atoms with E-state index in [1.807, 2.05) is 6.07 Å². The fourth-order valence-electron chi connectivity index (χ4n) is 3.71. The summed E-state index contributed by atoms with van der Waals surface area (Å²) in [5.41, 5.74) is 1.46. The van der Waals surface area contributed by atoms with E-state index < -0.39 is 0 Å². The van der Waals surface area contributed by atoms with Crippen LogP contribution in [0.3, 0.4) is 0 Å². The van der Waals surface area contributed by atoms with Gasteiger partial charge >= 0.3 is 0 Å². The normalized spacial score (nSPS) is 18.0. The molecule has 6 nitrogen and oxygen atoms in total. The molecule has 2 aliphatic heterocycles. The van der Waals surface area contributed by atoms with Gasteiger partial charge < -0.3 is 14.2 Å². The summed E-state index contributed by atoms with van der Waals surface area (Å²) < 4.78 is 18.2. The molecule has 1 atom stereocenters. The highest BCUT2D eigenvalue weighted by Crippen LogP contribution is 2.35. The molecule has 3 aromatic rings. The first-order chi connectivity index (χ1) is 14.7. The Morgan fingerprint density at radius 3 is 2.83 bits per heavy atom. The Morgan fingerprint density at radius 2 is 2.03 bits per heavy atom. The zero-order valence-corrected chi connectivity index (χ0v) is 18.3. The van der Waals surface area contributed by atoms with E-state index in [1.165, 1.54) is 16.2 Å². The average Bonchev–Trinajstić information content (AvgIpc) is 3.45. The summed E-state index contributed by atoms with van der Waals surface area (Å²) in [6.45, 7) is 2.24. The maximum absolute atomic E-state index is 13.6. The van der Waals surface area contributed by atoms with Crippen LogP contribution < -0.4 is 14.4 Å². The number of ether oxygens (including phenoxy) is 3. The molecule has 0 saturated carbocycles. The quantitative estimate of drug-likeness (QED) is 0.538. The minimum atomic E-state index is -0.105. The Bertz CT molecular complexity index is 1080. The maximum atomic E-state index is 13.6. The molecule has 30 heavy (non-hydrogen) atoms. The molecule has 8 heteroatoms. The molecular formula is C22H22N2O4S2. The van der Waals surface area contributed by atoms with Crippen molar-refractivity contribution in [2.24, 2.45) is 0 Å². The summed E-state index contributed by atoms with van der Waals surface area (Å²) in [5, 5.41) is 0.693. The summed E-state index contributed by atoms with van der Waals surface area (Å²) in [4.78, 5) is 21.3. The van der Waals surface area contributed by atoms with Crippen LogP contribution in [0.25, 0.3) is 10.2 Å². The van der Waals surface area contributed by atoms with E-state index in [0.29, 0.717) is 42.0 Å². The Kier molecular flexibility index (Phi) is 5.54. The molecule has 2 aromatic carbocycles. The van der Waals surface area contributed by atoms with Crippen molar-refractivity contribution in [1.29, 1.82) is 0 Å². The summed E-state index contributed by atoms with van der Waals surface area (Å²) in [7, 11) is 0. The molecule has 0 bridgehead atoms. The molecule has 2 aliphatic rings. The molecule has 0 aliphatic carbocycles. The van der Waals surface area contributed by atoms with Gasteiger partial charge in [-0.25, -0.2) is 4.98 Å². The largest absolute Gasteiger partial charge is 0.486 e. The van der Waals surface area contributed by atoms with Crippen molar-refractivity contribution >= 4 is 44.4 Å². The molecule has 1 unspecified atom stereocenters. The second-order valence-electron chi connectivity index (χ2n) is 7.24. The predicted molar refractivity (Wildman–Crippen MR) is 119 cm³/mol. The van der Waals surface area contributed by atoms with Crippen molar-refractivity contribution in [3.63, 3.8) is 0 Å². The van der Waals surface area contributed by atoms with Crippen LogP contribution in [-0.4, -0.2) is 49.6 Å². The van der Waals surface area contributed by atoms with E-state index in [-0.39, 0.29) is 12.0 Å². The van der Waals surface area contributed by atoms with Crippen molar-refractivity contribution in [3.8, 4) is 11.5 Å². The van der Waals surface area contributed by atoms with E-state index in [4.69, 9.17) is 19.2 Å². The molecular weight excluding hydrogens is 420 g/mol. The second-order valence-corrected chi connectivity index (χ2v) is 9.13. The van der Waals surface area contributed by atoms with Gasteiger partial charge in [-0.05, 0) is 55.5 Å². The van der Waals surface area contributed by atoms with E-state index in [1.54, 1.807) is 34.9 Å². The van der Waals surface area contributed by atoms with Crippen molar-refractivity contribution in [2.45, 2.75) is 23.8 Å². The number of carbonyl (C=O) groups is 1. The Morgan fingerprint density at radius 1 is 1.17 bits per heavy atom. The van der Waals surface area contributed by atoms with Gasteiger partial charge in [-0.15, -0.1) is 11.8 Å². The third-order valence-corrected chi connectivity index (χ3v) is 7.03. The number of carbonyl (C=O) groups excluding carboxylic acids is 1. The van der Waals surface area contributed by atoms with Gasteiger partial charge in [0.25, 0.3) is 5.91 Å². The second kappa shape index (κ2) is 8.45. The van der Waals surface area contributed by atoms with Crippen LogP contribution in [0.5, 0.6) is 11.5 Å². The molecule has 3 heterocycles. The van der Waals surface area contributed by atoms with Crippen LogP contribution in [0.2, 0.25) is 0 Å². The van der Waals surface area contributed by atoms with Crippen LogP contribution in [-0.2, 0) is 4.74 Å². The fourth-order valence-corrected chi connectivity index (χ4v) is 5.23. The van der Waals surface area contributed by atoms with Crippen LogP contribution in [0.15, 0.2) is 41.3 Å². The number of amides is 1. The number of hydrogen-bond donors (Lipinski definition) is 0. The van der Waals surface area contributed by atoms with Crippen LogP contribution in [0.1, 0.15) is 23.2 Å². The molecule has 1 saturated heterocycles. The van der Waals surface area contributed by atoms with Crippen molar-refractivity contribution in [2.75, 3.05) is 37.5 Å². The highest BCUT2D eigenvalue weighted by Gasteiger charge is 2.28. The zero-order valence-electron chi connectivity index (χ0n) is 16.6. The highest BCUT2D eigenvalue weighted by molar-refractivity contribution is 7.98. The molecule has 1 fully saturated rings. The molecule has 0 N–H and O–H groups in total. The third kappa shape index (κ3) is 3.87. The number of benzene rings is 2. The van der Waals surface area contributed by atoms with Crippen LogP contribution in [0.4, 0.5) is 5.13 Å². The lowest BCUT2D eigenvalue weighted by molar-refractivity contribution is 0.0916. The van der Waals surface area contributed by atoms with Crippen molar-refractivity contribution < 1.29 is 19.0 Å². The standard InChI is InChI=1S/C22H22N2O4S2/c1-29-16-5-6-17-20(12-16)30-22(23-17)24(13-15-3-2-8-26-15)21(25)14-4-7-18-19(11-14)28-10-9-27-18/h4-7,11-12,15H,2-3,8-10,13H2,1H3. The molecule has 1 amide bonds. The first-order valence-corrected chi connectivity index (χ1v) is 12.0. The molecule has 1 aromatic heterocycles. The summed E-state index contributed by atoms with van der Waals surface area (Å²) in [5.74, 6) is 1.18. The minimum Gasteiger partial charge on any atom is -0.486 e. The minimum absolute atomic E-state index is 0.0277. The van der Waals surface area contributed by atoms with Crippen LogP contribution in [0, 0.1) is 0 Å². The lowest BCUT2D eigenvalue weighted by Gasteiger charge is -2.24. The van der Waals surface area contributed by atoms with E-state index in [9.17, 15) is 4.79 Å². The highest BCUT2D eigenvalue weighted by atomic mass is 32.2. The Balaban J connectivity index is 1.50. The van der Waals surface area contributed by atoms with Crippen molar-refractivity contribution in [3.05, 3.63) is 42.0 Å². The number of nitrogens with zero attached hydrogens (tertiary/aromatic N) is 2. The first kappa shape index (κ1) is 19.7. The monoisotopic (exact) mass is 442 g/mol. The van der Waals surface area contributed by atoms with E-state index >= 15 is 0 Å².